The van der Waals surface area contributed by atoms with Crippen LogP contribution in [0.4, 0.5) is 0 Å². The standard InChI is InChI=1S/C57H111N3O/c1-13-25-31-48(19-7)39-58(40-49(20-8)32-26-14-2)45-54-37-55(46-59(41-50(21-9)33-27-15-3)42-51(22-10)34-28-16-4)57(61)56(38-54)47-60(43-52(23-11)35-29-17-5)44-53(24-12)36-30-18-6/h37-38,48-53,61H,13-36,39-47H2,1-12H3/t48-,49+,50-,51-,52-,53+/m0/s1. The maximum Gasteiger partial charge on any atom is 0.124 e. The molecule has 0 heterocycles. The Kier molecular flexibility index (Phi) is 35.3. The van der Waals surface area contributed by atoms with Gasteiger partial charge < -0.3 is 5.11 Å². The van der Waals surface area contributed by atoms with E-state index < -0.39 is 0 Å². The summed E-state index contributed by atoms with van der Waals surface area (Å²) in [6.07, 6.45) is 31.0. The fourth-order valence-corrected chi connectivity index (χ4v) is 10.2. The van der Waals surface area contributed by atoms with Gasteiger partial charge in [-0.15, -0.1) is 0 Å². The van der Waals surface area contributed by atoms with E-state index in [0.717, 1.165) is 57.6 Å². The van der Waals surface area contributed by atoms with E-state index in [2.05, 4.69) is 110 Å². The zero-order valence-electron chi connectivity index (χ0n) is 43.7. The normalized spacial score (nSPS) is 15.2. The third kappa shape index (κ3) is 25.3. The zero-order valence-corrected chi connectivity index (χ0v) is 43.7. The molecule has 1 rings (SSSR count). The lowest BCUT2D eigenvalue weighted by Gasteiger charge is -2.33. The van der Waals surface area contributed by atoms with Crippen LogP contribution in [0.2, 0.25) is 0 Å². The first kappa shape index (κ1) is 57.9. The highest BCUT2D eigenvalue weighted by Crippen LogP contribution is 2.32. The molecule has 1 aromatic carbocycles. The summed E-state index contributed by atoms with van der Waals surface area (Å²) in [7, 11) is 0. The molecule has 0 amide bonds. The minimum atomic E-state index is 0.598. The summed E-state index contributed by atoms with van der Waals surface area (Å²) in [5.74, 6) is 4.95. The van der Waals surface area contributed by atoms with Gasteiger partial charge in [0, 0.05) is 70.0 Å². The van der Waals surface area contributed by atoms with Gasteiger partial charge in [0.15, 0.2) is 0 Å². The Balaban J connectivity index is 3.97. The van der Waals surface area contributed by atoms with Crippen LogP contribution in [-0.2, 0) is 19.6 Å². The number of nitrogens with zero attached hydrogens (tertiary/aromatic N) is 3. The minimum Gasteiger partial charge on any atom is -0.507 e. The van der Waals surface area contributed by atoms with Crippen LogP contribution in [0.15, 0.2) is 12.1 Å². The van der Waals surface area contributed by atoms with E-state index in [0.29, 0.717) is 29.4 Å². The van der Waals surface area contributed by atoms with E-state index in [1.54, 1.807) is 0 Å². The van der Waals surface area contributed by atoms with Crippen molar-refractivity contribution < 1.29 is 5.11 Å². The number of aromatic hydroxyl groups is 1. The third-order valence-corrected chi connectivity index (χ3v) is 14.9. The maximum absolute atomic E-state index is 12.7. The van der Waals surface area contributed by atoms with Gasteiger partial charge in [0.05, 0.1) is 0 Å². The van der Waals surface area contributed by atoms with E-state index in [1.807, 2.05) is 0 Å². The first-order valence-electron chi connectivity index (χ1n) is 27.6. The molecule has 0 aliphatic heterocycles. The summed E-state index contributed by atoms with van der Waals surface area (Å²) in [5, 5.41) is 12.7. The number of phenolic OH excluding ortho intramolecular Hbond substituents is 1. The average Bonchev–Trinajstić information content (AvgIpc) is 3.27. The molecule has 0 aliphatic rings. The lowest BCUT2D eigenvalue weighted by Crippen LogP contribution is -2.35. The zero-order chi connectivity index (χ0) is 45.3. The Morgan fingerprint density at radius 1 is 0.344 bits per heavy atom. The SMILES string of the molecule is CCCC[C@@H](CC)CN(Cc1cc(CN(C[C@H](CC)CCCC)C[C@@H](CC)CCCC)c(O)c(CN(C[C@@H](CC)CCCC)C[C@@H](CC)CCCC)c1)C[C@@H](CC)CCCC. The van der Waals surface area contributed by atoms with Crippen LogP contribution in [-0.4, -0.2) is 59.1 Å². The van der Waals surface area contributed by atoms with Gasteiger partial charge in [-0.1, -0.05) is 199 Å². The highest BCUT2D eigenvalue weighted by Gasteiger charge is 2.25. The fourth-order valence-electron chi connectivity index (χ4n) is 10.2. The lowest BCUT2D eigenvalue weighted by atomic mass is 9.93. The molecule has 0 spiro atoms. The first-order valence-corrected chi connectivity index (χ1v) is 27.6. The topological polar surface area (TPSA) is 30.0 Å². The molecule has 0 bridgehead atoms. The van der Waals surface area contributed by atoms with Crippen molar-refractivity contribution in [3.63, 3.8) is 0 Å². The van der Waals surface area contributed by atoms with Crippen molar-refractivity contribution >= 4 is 0 Å². The molecule has 6 atom stereocenters. The Hall–Kier alpha value is -1.10. The predicted molar refractivity (Wildman–Crippen MR) is 274 cm³/mol. The second-order valence-corrected chi connectivity index (χ2v) is 20.3. The van der Waals surface area contributed by atoms with Gasteiger partial charge in [-0.05, 0) is 91.7 Å². The molecule has 1 aromatic rings. The Labute approximate surface area is 384 Å². The smallest absolute Gasteiger partial charge is 0.124 e. The van der Waals surface area contributed by atoms with Crippen molar-refractivity contribution in [3.8, 4) is 5.75 Å². The number of hydrogen-bond donors (Lipinski definition) is 1. The Morgan fingerprint density at radius 2 is 0.557 bits per heavy atom. The molecule has 1 N–H and O–H groups in total. The summed E-state index contributed by atoms with van der Waals surface area (Å²) >= 11 is 0. The van der Waals surface area contributed by atoms with Crippen molar-refractivity contribution in [2.24, 2.45) is 35.5 Å². The minimum absolute atomic E-state index is 0.598. The monoisotopic (exact) mass is 854 g/mol. The third-order valence-electron chi connectivity index (χ3n) is 14.9. The van der Waals surface area contributed by atoms with Gasteiger partial charge in [-0.3, -0.25) is 14.7 Å². The Morgan fingerprint density at radius 3 is 0.754 bits per heavy atom. The molecule has 0 aromatic heterocycles. The first-order chi connectivity index (χ1) is 29.6. The van der Waals surface area contributed by atoms with Gasteiger partial charge in [0.1, 0.15) is 5.75 Å². The van der Waals surface area contributed by atoms with Gasteiger partial charge >= 0.3 is 0 Å². The van der Waals surface area contributed by atoms with Crippen molar-refractivity contribution in [1.82, 2.24) is 14.7 Å². The molecular formula is C57H111N3O. The van der Waals surface area contributed by atoms with E-state index in [1.165, 1.54) is 184 Å². The highest BCUT2D eigenvalue weighted by atomic mass is 16.3. The quantitative estimate of drug-likeness (QED) is 0.0710. The maximum atomic E-state index is 12.7. The molecule has 0 fully saturated rings. The summed E-state index contributed by atoms with van der Waals surface area (Å²) in [6, 6.07) is 4.96. The van der Waals surface area contributed by atoms with E-state index in [-0.39, 0.29) is 0 Å². The van der Waals surface area contributed by atoms with Crippen LogP contribution >= 0.6 is 0 Å². The molecule has 4 heteroatoms. The summed E-state index contributed by atoms with van der Waals surface area (Å²) in [6.45, 7) is 38.3. The van der Waals surface area contributed by atoms with Crippen LogP contribution in [0, 0.1) is 35.5 Å². The molecule has 0 saturated heterocycles. The van der Waals surface area contributed by atoms with Gasteiger partial charge in [-0.2, -0.15) is 0 Å². The molecule has 0 saturated carbocycles. The highest BCUT2D eigenvalue weighted by molar-refractivity contribution is 5.44. The van der Waals surface area contributed by atoms with Crippen molar-refractivity contribution in [1.29, 1.82) is 0 Å². The van der Waals surface area contributed by atoms with Gasteiger partial charge in [0.2, 0.25) is 0 Å². The molecule has 61 heavy (non-hydrogen) atoms. The molecule has 0 unspecified atom stereocenters. The average molecular weight is 855 g/mol. The second kappa shape index (κ2) is 37.2. The van der Waals surface area contributed by atoms with E-state index >= 15 is 0 Å². The predicted octanol–water partition coefficient (Wildman–Crippen LogP) is 17.1. The van der Waals surface area contributed by atoms with Crippen molar-refractivity contribution in [2.45, 2.75) is 257 Å². The van der Waals surface area contributed by atoms with Gasteiger partial charge in [0.25, 0.3) is 0 Å². The van der Waals surface area contributed by atoms with Crippen LogP contribution in [0.25, 0.3) is 0 Å². The van der Waals surface area contributed by atoms with Crippen LogP contribution in [0.5, 0.6) is 5.75 Å². The molecule has 0 radical (unpaired) electrons. The number of unbranched alkanes of at least 4 members (excludes halogenated alkanes) is 6. The molecule has 0 aliphatic carbocycles. The number of phenols is 1. The second-order valence-electron chi connectivity index (χ2n) is 20.3. The van der Waals surface area contributed by atoms with E-state index in [4.69, 9.17) is 0 Å². The number of hydrogen-bond acceptors (Lipinski definition) is 4. The molecule has 360 valence electrons. The largest absolute Gasteiger partial charge is 0.507 e. The van der Waals surface area contributed by atoms with Crippen LogP contribution < -0.4 is 0 Å². The number of benzene rings is 1. The Bertz CT molecular complexity index is 1020. The van der Waals surface area contributed by atoms with Crippen LogP contribution in [0.3, 0.4) is 0 Å². The fraction of sp³-hybridized carbons (Fsp3) is 0.895. The molecule has 4 nitrogen and oxygen atoms in total. The molecular weight excluding hydrogens is 743 g/mol. The van der Waals surface area contributed by atoms with Crippen LogP contribution in [0.1, 0.15) is 254 Å². The van der Waals surface area contributed by atoms with Crippen molar-refractivity contribution in [2.75, 3.05) is 39.3 Å². The summed E-state index contributed by atoms with van der Waals surface area (Å²) < 4.78 is 0. The number of rotatable bonds is 42. The lowest BCUT2D eigenvalue weighted by molar-refractivity contribution is 0.167. The summed E-state index contributed by atoms with van der Waals surface area (Å²) in [4.78, 5) is 8.48. The summed E-state index contributed by atoms with van der Waals surface area (Å²) in [5.41, 5.74) is 3.82. The van der Waals surface area contributed by atoms with Crippen molar-refractivity contribution in [3.05, 3.63) is 28.8 Å². The van der Waals surface area contributed by atoms with E-state index in [9.17, 15) is 5.11 Å². The van der Waals surface area contributed by atoms with Gasteiger partial charge in [-0.25, -0.2) is 0 Å².